The molecule has 1 aromatic carbocycles. The summed E-state index contributed by atoms with van der Waals surface area (Å²) in [5, 5.41) is -0.237. The number of amides is 1. The van der Waals surface area contributed by atoms with Gasteiger partial charge in [0.25, 0.3) is 5.91 Å². The van der Waals surface area contributed by atoms with E-state index in [1.807, 2.05) is 0 Å². The Kier molecular flexibility index (Phi) is 5.31. The fourth-order valence-electron chi connectivity index (χ4n) is 2.12. The van der Waals surface area contributed by atoms with E-state index in [1.165, 1.54) is 15.7 Å². The first-order valence-electron chi connectivity index (χ1n) is 6.79. The van der Waals surface area contributed by atoms with E-state index in [9.17, 15) is 26.4 Å². The summed E-state index contributed by atoms with van der Waals surface area (Å²) in [6, 6.07) is 2.25. The zero-order valence-corrected chi connectivity index (χ0v) is 14.1. The van der Waals surface area contributed by atoms with Crippen LogP contribution in [-0.2, 0) is 14.8 Å². The maximum Gasteiger partial charge on any atom is 0.516 e. The number of hydrogen-bond acceptors (Lipinski definition) is 4. The second-order valence-electron chi connectivity index (χ2n) is 5.10. The van der Waals surface area contributed by atoms with Crippen molar-refractivity contribution in [2.75, 3.05) is 31.0 Å². The number of halogens is 4. The van der Waals surface area contributed by atoms with Crippen LogP contribution in [0.4, 0.5) is 18.9 Å². The molecule has 1 aromatic rings. The number of nitrogens with one attached hydrogen (secondary N) is 1. The van der Waals surface area contributed by atoms with Gasteiger partial charge in [0.1, 0.15) is 0 Å². The van der Waals surface area contributed by atoms with E-state index < -0.39 is 27.1 Å². The maximum atomic E-state index is 12.5. The lowest BCUT2D eigenvalue weighted by Gasteiger charge is -2.27. The molecule has 1 heterocycles. The third kappa shape index (κ3) is 3.93. The van der Waals surface area contributed by atoms with Gasteiger partial charge in [0, 0.05) is 18.7 Å². The zero-order valence-electron chi connectivity index (χ0n) is 12.5. The van der Waals surface area contributed by atoms with Gasteiger partial charge in [-0.05, 0) is 24.6 Å². The molecule has 0 unspecified atom stereocenters. The minimum atomic E-state index is -5.63. The topological polar surface area (TPSA) is 75.7 Å². The largest absolute Gasteiger partial charge is 0.516 e. The first-order chi connectivity index (χ1) is 11.0. The van der Waals surface area contributed by atoms with Crippen molar-refractivity contribution in [1.29, 1.82) is 0 Å². The Morgan fingerprint density at radius 3 is 2.42 bits per heavy atom. The number of carbonyl (C=O) groups is 1. The van der Waals surface area contributed by atoms with E-state index in [4.69, 9.17) is 16.3 Å². The minimum absolute atomic E-state index is 0.0705. The van der Waals surface area contributed by atoms with E-state index in [0.717, 1.165) is 6.07 Å². The van der Waals surface area contributed by atoms with Crippen LogP contribution in [0.25, 0.3) is 0 Å². The summed E-state index contributed by atoms with van der Waals surface area (Å²) < 4.78 is 66.5. The molecule has 0 aromatic heterocycles. The van der Waals surface area contributed by atoms with E-state index in [2.05, 4.69) is 0 Å². The number of anilines is 1. The molecular weight excluding hydrogens is 373 g/mol. The summed E-state index contributed by atoms with van der Waals surface area (Å²) in [6.45, 7) is 2.94. The number of nitrogens with zero attached hydrogens (tertiary/aromatic N) is 1. The van der Waals surface area contributed by atoms with E-state index >= 15 is 0 Å². The van der Waals surface area contributed by atoms with Gasteiger partial charge in [-0.2, -0.15) is 21.6 Å². The number of carbonyl (C=O) groups excluding carboxylic acids is 1. The summed E-state index contributed by atoms with van der Waals surface area (Å²) in [7, 11) is -5.63. The molecule has 0 spiro atoms. The molecule has 0 atom stereocenters. The second kappa shape index (κ2) is 6.77. The Hall–Kier alpha value is -1.52. The van der Waals surface area contributed by atoms with Crippen LogP contribution in [-0.4, -0.2) is 51.0 Å². The summed E-state index contributed by atoms with van der Waals surface area (Å²) in [4.78, 5) is 13.9. The Morgan fingerprint density at radius 1 is 1.29 bits per heavy atom. The van der Waals surface area contributed by atoms with Crippen molar-refractivity contribution >= 4 is 33.2 Å². The molecule has 0 radical (unpaired) electrons. The van der Waals surface area contributed by atoms with Crippen molar-refractivity contribution in [2.24, 2.45) is 0 Å². The highest BCUT2D eigenvalue weighted by Gasteiger charge is 2.46. The van der Waals surface area contributed by atoms with Crippen LogP contribution in [0, 0.1) is 6.92 Å². The van der Waals surface area contributed by atoms with Crippen LogP contribution < -0.4 is 4.72 Å². The van der Waals surface area contributed by atoms with Gasteiger partial charge in [-0.25, -0.2) is 0 Å². The standard InChI is InChI=1S/C13H14ClF3N2O4S/c1-8-6-10(14)11(18-24(21,22)13(15,16)17)7-9(8)12(20)19-2-4-23-5-3-19/h6-7,18H,2-5H2,1H3. The molecule has 1 aliphatic heterocycles. The number of rotatable bonds is 3. The van der Waals surface area contributed by atoms with Gasteiger partial charge in [0.05, 0.1) is 23.9 Å². The van der Waals surface area contributed by atoms with Crippen molar-refractivity contribution in [3.05, 3.63) is 28.3 Å². The average molecular weight is 387 g/mol. The summed E-state index contributed by atoms with van der Waals surface area (Å²) in [5.41, 5.74) is -5.50. The number of hydrogen-bond donors (Lipinski definition) is 1. The summed E-state index contributed by atoms with van der Waals surface area (Å²) in [5.74, 6) is -0.431. The molecule has 1 fully saturated rings. The van der Waals surface area contributed by atoms with Crippen LogP contribution in [0.5, 0.6) is 0 Å². The molecule has 24 heavy (non-hydrogen) atoms. The molecule has 11 heteroatoms. The third-order valence-electron chi connectivity index (χ3n) is 3.39. The lowest BCUT2D eigenvalue weighted by molar-refractivity contribution is -0.0429. The first-order valence-corrected chi connectivity index (χ1v) is 8.65. The predicted octanol–water partition coefficient (Wildman–Crippen LogP) is 2.38. The number of morpholine rings is 1. The van der Waals surface area contributed by atoms with Crippen LogP contribution in [0.3, 0.4) is 0 Å². The monoisotopic (exact) mass is 386 g/mol. The van der Waals surface area contributed by atoms with Crippen molar-refractivity contribution in [2.45, 2.75) is 12.4 Å². The van der Waals surface area contributed by atoms with Crippen molar-refractivity contribution < 1.29 is 31.1 Å². The normalized spacial score (nSPS) is 16.1. The Morgan fingerprint density at radius 2 is 1.88 bits per heavy atom. The fourth-order valence-corrected chi connectivity index (χ4v) is 3.02. The molecule has 0 bridgehead atoms. The molecule has 1 amide bonds. The third-order valence-corrected chi connectivity index (χ3v) is 4.80. The molecule has 1 saturated heterocycles. The van der Waals surface area contributed by atoms with E-state index in [1.54, 1.807) is 6.92 Å². The highest BCUT2D eigenvalue weighted by molar-refractivity contribution is 7.93. The Balaban J connectivity index is 2.36. The van der Waals surface area contributed by atoms with Gasteiger partial charge in [-0.1, -0.05) is 11.6 Å². The Bertz CT molecular complexity index is 746. The number of sulfonamides is 1. The second-order valence-corrected chi connectivity index (χ2v) is 7.18. The Labute approximate surface area is 141 Å². The molecule has 0 saturated carbocycles. The molecule has 6 nitrogen and oxygen atoms in total. The molecule has 2 rings (SSSR count). The minimum Gasteiger partial charge on any atom is -0.378 e. The lowest BCUT2D eigenvalue weighted by Crippen LogP contribution is -2.41. The van der Waals surface area contributed by atoms with Gasteiger partial charge >= 0.3 is 15.5 Å². The van der Waals surface area contributed by atoms with Crippen molar-refractivity contribution in [1.82, 2.24) is 4.90 Å². The average Bonchev–Trinajstić information content (AvgIpc) is 2.49. The first kappa shape index (κ1) is 18.8. The number of benzene rings is 1. The predicted molar refractivity (Wildman–Crippen MR) is 81.5 cm³/mol. The van der Waals surface area contributed by atoms with Crippen LogP contribution in [0.15, 0.2) is 12.1 Å². The molecule has 0 aliphatic carbocycles. The quantitative estimate of drug-likeness (QED) is 0.865. The van der Waals surface area contributed by atoms with E-state index in [-0.39, 0.29) is 10.6 Å². The number of alkyl halides is 3. The molecule has 134 valence electrons. The SMILES string of the molecule is Cc1cc(Cl)c(NS(=O)(=O)C(F)(F)F)cc1C(=O)N1CCOCC1. The zero-order chi connectivity index (χ0) is 18.1. The van der Waals surface area contributed by atoms with Gasteiger partial charge in [0.2, 0.25) is 0 Å². The molecule has 1 aliphatic rings. The number of ether oxygens (including phenoxy) is 1. The van der Waals surface area contributed by atoms with Gasteiger partial charge in [0.15, 0.2) is 0 Å². The summed E-state index contributed by atoms with van der Waals surface area (Å²) >= 11 is 5.81. The smallest absolute Gasteiger partial charge is 0.378 e. The van der Waals surface area contributed by atoms with Gasteiger partial charge < -0.3 is 9.64 Å². The number of aryl methyl sites for hydroxylation is 1. The van der Waals surface area contributed by atoms with E-state index in [0.29, 0.717) is 31.9 Å². The van der Waals surface area contributed by atoms with Crippen molar-refractivity contribution in [3.8, 4) is 0 Å². The van der Waals surface area contributed by atoms with Gasteiger partial charge in [-0.15, -0.1) is 0 Å². The fraction of sp³-hybridized carbons (Fsp3) is 0.462. The van der Waals surface area contributed by atoms with Crippen LogP contribution >= 0.6 is 11.6 Å². The summed E-state index contributed by atoms with van der Waals surface area (Å²) in [6.07, 6.45) is 0. The molecule has 1 N–H and O–H groups in total. The van der Waals surface area contributed by atoms with Gasteiger partial charge in [-0.3, -0.25) is 9.52 Å². The van der Waals surface area contributed by atoms with Crippen molar-refractivity contribution in [3.63, 3.8) is 0 Å². The van der Waals surface area contributed by atoms with Crippen LogP contribution in [0.1, 0.15) is 15.9 Å². The molecular formula is C13H14ClF3N2O4S. The highest BCUT2D eigenvalue weighted by atomic mass is 35.5. The highest BCUT2D eigenvalue weighted by Crippen LogP contribution is 2.31. The van der Waals surface area contributed by atoms with Crippen LogP contribution in [0.2, 0.25) is 5.02 Å². The lowest BCUT2D eigenvalue weighted by atomic mass is 10.1. The maximum absolute atomic E-state index is 12.5.